The minimum absolute atomic E-state index is 0.115. The van der Waals surface area contributed by atoms with Crippen molar-refractivity contribution in [3.63, 3.8) is 0 Å². The average molecular weight is 846 g/mol. The summed E-state index contributed by atoms with van der Waals surface area (Å²) in [6.07, 6.45) is -1.26. The number of alkyl halides is 1. The Morgan fingerprint density at radius 2 is 1.80 bits per heavy atom. The third-order valence-corrected chi connectivity index (χ3v) is 12.8. The average Bonchev–Trinajstić information content (AvgIpc) is 3.77. The number of Topliss-reactive ketones (excluding diaryl/α,β-unsaturated/α-hetero) is 1. The third kappa shape index (κ3) is 9.97. The molecule has 3 aliphatic rings. The van der Waals surface area contributed by atoms with Crippen LogP contribution in [0.1, 0.15) is 87.5 Å². The number of likely N-dealkylation sites (N-methyl/N-ethyl adjacent to an activating group) is 1. The molecule has 13 atom stereocenters. The Hall–Kier alpha value is -3.74. The number of carbonyl (C=O) groups excluding carboxylic acids is 3. The molecule has 2 unspecified atom stereocenters. The highest BCUT2D eigenvalue weighted by Crippen LogP contribution is 2.41. The van der Waals surface area contributed by atoms with Gasteiger partial charge in [0, 0.05) is 49.5 Å². The Morgan fingerprint density at radius 1 is 1.10 bits per heavy atom. The van der Waals surface area contributed by atoms with E-state index in [0.717, 1.165) is 12.5 Å². The second-order valence-corrected chi connectivity index (χ2v) is 18.0. The summed E-state index contributed by atoms with van der Waals surface area (Å²) in [4.78, 5) is 45.6. The zero-order valence-electron chi connectivity index (χ0n) is 37.2. The number of fused-ring (bicyclic) bond motifs is 1. The Morgan fingerprint density at radius 3 is 2.45 bits per heavy atom. The topological polar surface area (TPSA) is 193 Å². The van der Waals surface area contributed by atoms with Crippen molar-refractivity contribution in [2.45, 2.75) is 160 Å². The number of hydrogen-bond acceptors (Lipinski definition) is 14. The molecule has 5 rings (SSSR count). The predicted molar refractivity (Wildman–Crippen MR) is 222 cm³/mol. The number of aryl methyl sites for hydroxylation is 1. The van der Waals surface area contributed by atoms with Crippen LogP contribution in [0.5, 0.6) is 0 Å². The summed E-state index contributed by atoms with van der Waals surface area (Å²) >= 11 is 0. The molecule has 4 heterocycles. The zero-order valence-corrected chi connectivity index (χ0v) is 37.2. The van der Waals surface area contributed by atoms with Crippen LogP contribution in [-0.4, -0.2) is 148 Å². The summed E-state index contributed by atoms with van der Waals surface area (Å²) in [6, 6.07) is 6.06. The van der Waals surface area contributed by atoms with Gasteiger partial charge in [0.15, 0.2) is 17.7 Å². The number of carbonyl (C=O) groups is 3. The number of unbranched alkanes of at least 4 members (excludes halogenated alkanes) is 1. The molecule has 2 aromatic rings. The summed E-state index contributed by atoms with van der Waals surface area (Å²) in [5.41, 5.74) is 2.37. The summed E-state index contributed by atoms with van der Waals surface area (Å²) in [6.45, 7) is 14.8. The maximum absolute atomic E-state index is 17.0. The van der Waals surface area contributed by atoms with Gasteiger partial charge in [0.2, 0.25) is 0 Å². The van der Waals surface area contributed by atoms with Gasteiger partial charge in [-0.25, -0.2) is 14.0 Å². The van der Waals surface area contributed by atoms with Crippen LogP contribution in [-0.2, 0) is 39.8 Å². The van der Waals surface area contributed by atoms with Crippen LogP contribution in [0.3, 0.4) is 0 Å². The maximum atomic E-state index is 17.0. The summed E-state index contributed by atoms with van der Waals surface area (Å²) in [7, 11) is 5.20. The van der Waals surface area contributed by atoms with Crippen LogP contribution in [0.25, 0.3) is 11.3 Å². The van der Waals surface area contributed by atoms with E-state index >= 15 is 4.39 Å². The first kappa shape index (κ1) is 47.3. The standard InChI is InChI=1S/C43H68FN7O9/c1-12-33-43(8)35(51(40(55)60-43)19-14-13-18-50-24-31(47-48-50)29-16-15-17-30(45)21-29)28(5)46-23-25(2)22-41(6,56-11)37(27(4)36(53)42(7,44)39(54)58-33)59-38-34(52)32(49(9)10)20-26(3)57-38/h15-17,21,24-28,32-35,37-38,46,52H,12-14,18-20,22-23,45H2,1-11H3/t25-,26-,27+,28-,32?,33-,34?,35-,37-,38+,41-,42+,43-/m1/s1. The first-order valence-electron chi connectivity index (χ1n) is 21.3. The number of aliphatic hydroxyl groups excluding tert-OH is 1. The second kappa shape index (κ2) is 19.1. The van der Waals surface area contributed by atoms with Crippen LogP contribution in [0.4, 0.5) is 14.9 Å². The number of methoxy groups -OCH3 is 1. The van der Waals surface area contributed by atoms with E-state index in [4.69, 9.17) is 29.4 Å². The number of nitrogens with zero attached hydrogens (tertiary/aromatic N) is 5. The van der Waals surface area contributed by atoms with Crippen LogP contribution in [0, 0.1) is 11.8 Å². The number of ketones is 1. The fraction of sp³-hybridized carbons (Fsp3) is 0.744. The molecule has 3 aliphatic heterocycles. The Kier molecular flexibility index (Phi) is 15.1. The van der Waals surface area contributed by atoms with Crippen molar-refractivity contribution in [2.75, 3.05) is 40.0 Å². The van der Waals surface area contributed by atoms with Crippen molar-refractivity contribution in [1.29, 1.82) is 0 Å². The van der Waals surface area contributed by atoms with E-state index in [9.17, 15) is 19.5 Å². The smallest absolute Gasteiger partial charge is 0.410 e. The molecule has 1 amide bonds. The molecule has 60 heavy (non-hydrogen) atoms. The normalized spacial score (nSPS) is 37.3. The zero-order chi connectivity index (χ0) is 44.3. The summed E-state index contributed by atoms with van der Waals surface area (Å²) in [5, 5.41) is 23.6. The van der Waals surface area contributed by atoms with Gasteiger partial charge in [0.05, 0.1) is 30.0 Å². The third-order valence-electron chi connectivity index (χ3n) is 12.8. The number of esters is 1. The molecule has 1 aromatic heterocycles. The lowest BCUT2D eigenvalue weighted by atomic mass is 9.78. The van der Waals surface area contributed by atoms with Gasteiger partial charge in [-0.15, -0.1) is 5.10 Å². The van der Waals surface area contributed by atoms with E-state index in [1.165, 1.54) is 14.0 Å². The Balaban J connectivity index is 1.40. The van der Waals surface area contributed by atoms with E-state index in [1.54, 1.807) is 36.4 Å². The van der Waals surface area contributed by atoms with E-state index < -0.39 is 77.3 Å². The molecule has 17 heteroatoms. The monoisotopic (exact) mass is 846 g/mol. The molecule has 1 aromatic carbocycles. The molecule has 0 saturated carbocycles. The second-order valence-electron chi connectivity index (χ2n) is 18.0. The van der Waals surface area contributed by atoms with Crippen molar-refractivity contribution in [3.8, 4) is 11.3 Å². The molecular weight excluding hydrogens is 778 g/mol. The number of nitrogen functional groups attached to an aromatic ring is 1. The van der Waals surface area contributed by atoms with Gasteiger partial charge in [0.1, 0.15) is 17.9 Å². The van der Waals surface area contributed by atoms with Crippen molar-refractivity contribution in [3.05, 3.63) is 30.5 Å². The molecule has 336 valence electrons. The van der Waals surface area contributed by atoms with E-state index in [-0.39, 0.29) is 24.5 Å². The molecule has 3 fully saturated rings. The van der Waals surface area contributed by atoms with Crippen LogP contribution in [0.2, 0.25) is 0 Å². The number of hydrogen-bond donors (Lipinski definition) is 3. The lowest BCUT2D eigenvalue weighted by Gasteiger charge is -2.47. The largest absolute Gasteiger partial charge is 0.455 e. The van der Waals surface area contributed by atoms with Gasteiger partial charge in [0.25, 0.3) is 5.67 Å². The predicted octanol–water partition coefficient (Wildman–Crippen LogP) is 4.38. The summed E-state index contributed by atoms with van der Waals surface area (Å²) < 4.78 is 49.6. The maximum Gasteiger partial charge on any atom is 0.410 e. The molecule has 4 N–H and O–H groups in total. The number of nitrogens with one attached hydrogen (secondary N) is 1. The quantitative estimate of drug-likeness (QED) is 0.125. The number of ether oxygens (including phenoxy) is 5. The minimum Gasteiger partial charge on any atom is -0.455 e. The van der Waals surface area contributed by atoms with Gasteiger partial charge < -0.3 is 44.7 Å². The number of aromatic nitrogens is 3. The molecule has 3 saturated heterocycles. The van der Waals surface area contributed by atoms with Crippen LogP contribution in [0.15, 0.2) is 30.5 Å². The van der Waals surface area contributed by atoms with Gasteiger partial charge in [-0.05, 0) is 105 Å². The highest BCUT2D eigenvalue weighted by atomic mass is 19.1. The summed E-state index contributed by atoms with van der Waals surface area (Å²) in [5.74, 6) is -3.86. The Bertz CT molecular complexity index is 1800. The number of rotatable bonds is 11. The van der Waals surface area contributed by atoms with Crippen molar-refractivity contribution >= 4 is 23.5 Å². The van der Waals surface area contributed by atoms with E-state index in [1.807, 2.05) is 64.2 Å². The number of anilines is 1. The molecular formula is C43H68FN7O9. The number of halogens is 1. The molecule has 0 radical (unpaired) electrons. The number of amides is 1. The highest BCUT2D eigenvalue weighted by molar-refractivity contribution is 6.07. The molecule has 16 nitrogen and oxygen atoms in total. The molecule has 0 bridgehead atoms. The van der Waals surface area contributed by atoms with Crippen LogP contribution < -0.4 is 11.1 Å². The SMILES string of the molecule is CC[C@H]1OC(=O)[C@@](C)(F)C(=O)[C@H](C)[C@@H](O[C@@H]2O[C@H](C)CC(N(C)C)C2O)[C@](C)(OC)C[C@@H](C)CN[C@H](C)[C@H]2N(CCCCn3cc(-c4cccc(N)c4)nn3)C(=O)O[C@]12C. The van der Waals surface area contributed by atoms with Crippen molar-refractivity contribution < 1.29 is 47.6 Å². The molecule has 0 spiro atoms. The van der Waals surface area contributed by atoms with Gasteiger partial charge in [-0.2, -0.15) is 0 Å². The van der Waals surface area contributed by atoms with E-state index in [2.05, 4.69) is 15.6 Å². The fourth-order valence-corrected chi connectivity index (χ4v) is 9.46. The van der Waals surface area contributed by atoms with E-state index in [0.29, 0.717) is 56.7 Å². The minimum atomic E-state index is -3.13. The van der Waals surface area contributed by atoms with Crippen molar-refractivity contribution in [1.82, 2.24) is 30.1 Å². The van der Waals surface area contributed by atoms with Crippen LogP contribution >= 0.6 is 0 Å². The first-order chi connectivity index (χ1) is 28.2. The van der Waals surface area contributed by atoms with Crippen molar-refractivity contribution in [2.24, 2.45) is 11.8 Å². The number of nitrogens with two attached hydrogens (primary N) is 1. The fourth-order valence-electron chi connectivity index (χ4n) is 9.46. The lowest BCUT2D eigenvalue weighted by molar-refractivity contribution is -0.295. The van der Waals surface area contributed by atoms with Gasteiger partial charge in [-0.3, -0.25) is 14.4 Å². The molecule has 0 aliphatic carbocycles. The number of aliphatic hydroxyl groups is 1. The first-order valence-corrected chi connectivity index (χ1v) is 21.3. The lowest BCUT2D eigenvalue weighted by Crippen LogP contribution is -2.61. The van der Waals surface area contributed by atoms with Gasteiger partial charge >= 0.3 is 12.1 Å². The van der Waals surface area contributed by atoms with Gasteiger partial charge in [-0.1, -0.05) is 38.1 Å². The Labute approximate surface area is 353 Å². The number of cyclic esters (lactones) is 1. The number of benzene rings is 1. The highest BCUT2D eigenvalue weighted by Gasteiger charge is 2.60.